The van der Waals surface area contributed by atoms with Crippen LogP contribution in [0.25, 0.3) is 0 Å². The minimum absolute atomic E-state index is 0.0284. The van der Waals surface area contributed by atoms with Crippen LogP contribution in [0.5, 0.6) is 5.75 Å². The van der Waals surface area contributed by atoms with Crippen LogP contribution in [0.1, 0.15) is 35.8 Å². The first-order valence-corrected chi connectivity index (χ1v) is 10.6. The van der Waals surface area contributed by atoms with Gasteiger partial charge in [-0.3, -0.25) is 14.5 Å². The zero-order chi connectivity index (χ0) is 21.5. The number of rotatable bonds is 7. The van der Waals surface area contributed by atoms with Crippen molar-refractivity contribution in [2.24, 2.45) is 0 Å². The number of benzene rings is 2. The second-order valence-electron chi connectivity index (χ2n) is 7.23. The summed E-state index contributed by atoms with van der Waals surface area (Å²) >= 11 is 6.33. The summed E-state index contributed by atoms with van der Waals surface area (Å²) in [5, 5.41) is 3.48. The molecular formula is C23H28ClN3O3. The highest BCUT2D eigenvalue weighted by Crippen LogP contribution is 2.27. The minimum Gasteiger partial charge on any atom is -0.493 e. The monoisotopic (exact) mass is 429 g/mol. The first-order valence-electron chi connectivity index (χ1n) is 10.3. The summed E-state index contributed by atoms with van der Waals surface area (Å²) in [4.78, 5) is 29.2. The number of nitrogens with one attached hydrogen (secondary N) is 1. The van der Waals surface area contributed by atoms with E-state index < -0.39 is 0 Å². The zero-order valence-corrected chi connectivity index (χ0v) is 18.2. The van der Waals surface area contributed by atoms with E-state index in [2.05, 4.69) is 17.1 Å². The maximum Gasteiger partial charge on any atom is 0.255 e. The number of hydrogen-bond acceptors (Lipinski definition) is 4. The average Bonchev–Trinajstić information content (AvgIpc) is 2.78. The van der Waals surface area contributed by atoms with Gasteiger partial charge in [0.25, 0.3) is 5.91 Å². The molecule has 3 rings (SSSR count). The second-order valence-corrected chi connectivity index (χ2v) is 7.63. The molecule has 1 heterocycles. The molecule has 0 saturated carbocycles. The third kappa shape index (κ3) is 5.32. The Morgan fingerprint density at radius 2 is 1.73 bits per heavy atom. The topological polar surface area (TPSA) is 61.9 Å². The van der Waals surface area contributed by atoms with Crippen molar-refractivity contribution in [1.82, 2.24) is 15.1 Å². The van der Waals surface area contributed by atoms with Crippen LogP contribution in [0, 0.1) is 0 Å². The van der Waals surface area contributed by atoms with E-state index in [1.54, 1.807) is 23.1 Å². The Balaban J connectivity index is 1.50. The van der Waals surface area contributed by atoms with Gasteiger partial charge in [0.15, 0.2) is 0 Å². The van der Waals surface area contributed by atoms with Crippen molar-refractivity contribution in [1.29, 1.82) is 0 Å². The van der Waals surface area contributed by atoms with Gasteiger partial charge in [0.2, 0.25) is 5.91 Å². The van der Waals surface area contributed by atoms with E-state index in [0.717, 1.165) is 23.7 Å². The Hall–Kier alpha value is -2.57. The van der Waals surface area contributed by atoms with Gasteiger partial charge in [-0.25, -0.2) is 0 Å². The van der Waals surface area contributed by atoms with Crippen molar-refractivity contribution >= 4 is 23.4 Å². The van der Waals surface area contributed by atoms with Gasteiger partial charge < -0.3 is 15.0 Å². The van der Waals surface area contributed by atoms with Crippen molar-refractivity contribution in [2.45, 2.75) is 19.9 Å². The van der Waals surface area contributed by atoms with E-state index in [9.17, 15) is 9.59 Å². The first kappa shape index (κ1) is 22.1. The summed E-state index contributed by atoms with van der Waals surface area (Å²) in [5.41, 5.74) is 1.53. The Morgan fingerprint density at radius 1 is 1.07 bits per heavy atom. The molecule has 160 valence electrons. The molecule has 1 aliphatic rings. The summed E-state index contributed by atoms with van der Waals surface area (Å²) in [6.07, 6.45) is 0. The highest BCUT2D eigenvalue weighted by molar-refractivity contribution is 6.31. The van der Waals surface area contributed by atoms with Crippen molar-refractivity contribution in [3.63, 3.8) is 0 Å². The quantitative estimate of drug-likeness (QED) is 0.733. The van der Waals surface area contributed by atoms with E-state index in [1.807, 2.05) is 37.3 Å². The van der Waals surface area contributed by atoms with Gasteiger partial charge in [-0.2, -0.15) is 0 Å². The number of ether oxygens (including phenoxy) is 1. The molecule has 0 aliphatic carbocycles. The number of halogens is 1. The van der Waals surface area contributed by atoms with E-state index in [0.29, 0.717) is 31.0 Å². The SMILES string of the molecule is CCOc1ccccc1C(=O)NCC(=O)N1CCN(C(C)c2ccccc2Cl)CC1. The lowest BCUT2D eigenvalue weighted by atomic mass is 10.1. The molecule has 1 fully saturated rings. The molecule has 7 heteroatoms. The fraction of sp³-hybridized carbons (Fsp3) is 0.391. The van der Waals surface area contributed by atoms with E-state index in [1.165, 1.54) is 0 Å². The van der Waals surface area contributed by atoms with Gasteiger partial charge >= 0.3 is 0 Å². The molecule has 0 bridgehead atoms. The largest absolute Gasteiger partial charge is 0.493 e. The van der Waals surface area contributed by atoms with Crippen LogP contribution in [0.4, 0.5) is 0 Å². The molecular weight excluding hydrogens is 402 g/mol. The Kier molecular flexibility index (Phi) is 7.71. The highest BCUT2D eigenvalue weighted by atomic mass is 35.5. The fourth-order valence-corrected chi connectivity index (χ4v) is 3.96. The third-order valence-electron chi connectivity index (χ3n) is 5.40. The smallest absolute Gasteiger partial charge is 0.255 e. The molecule has 2 aromatic carbocycles. The van der Waals surface area contributed by atoms with Crippen molar-refractivity contribution in [2.75, 3.05) is 39.3 Å². The van der Waals surface area contributed by atoms with E-state index >= 15 is 0 Å². The first-order chi connectivity index (χ1) is 14.5. The number of amides is 2. The van der Waals surface area contributed by atoms with Gasteiger partial charge in [0.05, 0.1) is 18.7 Å². The number of para-hydroxylation sites is 1. The minimum atomic E-state index is -0.307. The standard InChI is InChI=1S/C23H28ClN3O3/c1-3-30-21-11-7-5-9-19(21)23(29)25-16-22(28)27-14-12-26(13-15-27)17(2)18-8-4-6-10-20(18)24/h4-11,17H,3,12-16H2,1-2H3,(H,25,29). The van der Waals surface area contributed by atoms with Crippen molar-refractivity contribution < 1.29 is 14.3 Å². The van der Waals surface area contributed by atoms with Crippen LogP contribution in [0.3, 0.4) is 0 Å². The summed E-state index contributed by atoms with van der Waals surface area (Å²) < 4.78 is 5.49. The van der Waals surface area contributed by atoms with Crippen molar-refractivity contribution in [3.8, 4) is 5.75 Å². The van der Waals surface area contributed by atoms with Crippen LogP contribution in [0.2, 0.25) is 5.02 Å². The van der Waals surface area contributed by atoms with Gasteiger partial charge in [-0.15, -0.1) is 0 Å². The molecule has 0 aromatic heterocycles. The summed E-state index contributed by atoms with van der Waals surface area (Å²) in [7, 11) is 0. The molecule has 1 N–H and O–H groups in total. The summed E-state index contributed by atoms with van der Waals surface area (Å²) in [5.74, 6) is 0.132. The van der Waals surface area contributed by atoms with Crippen LogP contribution >= 0.6 is 11.6 Å². The fourth-order valence-electron chi connectivity index (χ4n) is 3.67. The lowest BCUT2D eigenvalue weighted by molar-refractivity contribution is -0.132. The number of hydrogen-bond donors (Lipinski definition) is 1. The molecule has 2 aromatic rings. The molecule has 1 atom stereocenters. The van der Waals surface area contributed by atoms with Gasteiger partial charge in [-0.1, -0.05) is 41.9 Å². The maximum atomic E-state index is 12.6. The average molecular weight is 430 g/mol. The predicted molar refractivity (Wildman–Crippen MR) is 118 cm³/mol. The van der Waals surface area contributed by atoms with E-state index in [4.69, 9.17) is 16.3 Å². The van der Waals surface area contributed by atoms with Gasteiger partial charge in [0, 0.05) is 37.2 Å². The Bertz CT molecular complexity index is 882. The molecule has 1 unspecified atom stereocenters. The second kappa shape index (κ2) is 10.5. The number of carbonyl (C=O) groups is 2. The Morgan fingerprint density at radius 3 is 2.43 bits per heavy atom. The maximum absolute atomic E-state index is 12.6. The lowest BCUT2D eigenvalue weighted by Gasteiger charge is -2.38. The van der Waals surface area contributed by atoms with Crippen LogP contribution in [0.15, 0.2) is 48.5 Å². The normalized spacial score (nSPS) is 15.5. The predicted octanol–water partition coefficient (Wildman–Crippen LogP) is 3.37. The van der Waals surface area contributed by atoms with Crippen LogP contribution in [-0.2, 0) is 4.79 Å². The summed E-state index contributed by atoms with van der Waals surface area (Å²) in [6, 6.07) is 15.1. The molecule has 1 aliphatic heterocycles. The molecule has 6 nitrogen and oxygen atoms in total. The van der Waals surface area contributed by atoms with E-state index in [-0.39, 0.29) is 24.4 Å². The molecule has 0 spiro atoms. The molecule has 1 saturated heterocycles. The Labute approximate surface area is 182 Å². The molecule has 2 amide bonds. The number of nitrogens with zero attached hydrogens (tertiary/aromatic N) is 2. The number of carbonyl (C=O) groups excluding carboxylic acids is 2. The number of piperazine rings is 1. The van der Waals surface area contributed by atoms with Crippen molar-refractivity contribution in [3.05, 3.63) is 64.7 Å². The highest BCUT2D eigenvalue weighted by Gasteiger charge is 2.26. The lowest BCUT2D eigenvalue weighted by Crippen LogP contribution is -2.51. The zero-order valence-electron chi connectivity index (χ0n) is 17.4. The van der Waals surface area contributed by atoms with Crippen LogP contribution < -0.4 is 10.1 Å². The molecule has 30 heavy (non-hydrogen) atoms. The summed E-state index contributed by atoms with van der Waals surface area (Å²) in [6.45, 7) is 7.22. The van der Waals surface area contributed by atoms with Crippen LogP contribution in [-0.4, -0.2) is 60.9 Å². The third-order valence-corrected chi connectivity index (χ3v) is 5.75. The van der Waals surface area contributed by atoms with Gasteiger partial charge in [0.1, 0.15) is 5.75 Å². The van der Waals surface area contributed by atoms with Gasteiger partial charge in [-0.05, 0) is 37.6 Å². The molecule has 0 radical (unpaired) electrons.